The van der Waals surface area contributed by atoms with E-state index in [-0.39, 0.29) is 24.5 Å². The summed E-state index contributed by atoms with van der Waals surface area (Å²) in [6.45, 7) is 3.90. The third kappa shape index (κ3) is 4.02. The number of nitrogens with one attached hydrogen (secondary N) is 1. The maximum Gasteiger partial charge on any atom is 0.317 e. The molecule has 6 heteroatoms. The summed E-state index contributed by atoms with van der Waals surface area (Å²) in [4.78, 5) is 13.8. The molecule has 0 spiro atoms. The van der Waals surface area contributed by atoms with Crippen LogP contribution in [0.4, 0.5) is 4.79 Å². The van der Waals surface area contributed by atoms with Gasteiger partial charge in [-0.1, -0.05) is 36.2 Å². The molecule has 116 valence electrons. The number of benzene rings is 1. The van der Waals surface area contributed by atoms with E-state index in [4.69, 9.17) is 28.3 Å². The van der Waals surface area contributed by atoms with Gasteiger partial charge in [0.2, 0.25) is 0 Å². The minimum absolute atomic E-state index is 0.0337. The second kappa shape index (κ2) is 7.34. The molecule has 2 rings (SSSR count). The van der Waals surface area contributed by atoms with E-state index in [1.165, 1.54) is 0 Å². The molecule has 2 unspecified atom stereocenters. The predicted molar refractivity (Wildman–Crippen MR) is 85.0 cm³/mol. The van der Waals surface area contributed by atoms with Crippen LogP contribution in [-0.4, -0.2) is 42.3 Å². The largest absolute Gasteiger partial charge is 0.396 e. The maximum absolute atomic E-state index is 12.1. The summed E-state index contributed by atoms with van der Waals surface area (Å²) in [7, 11) is 0. The highest BCUT2D eigenvalue weighted by molar-refractivity contribution is 6.36. The van der Waals surface area contributed by atoms with Crippen molar-refractivity contribution in [3.63, 3.8) is 0 Å². The highest BCUT2D eigenvalue weighted by Crippen LogP contribution is 2.31. The highest BCUT2D eigenvalue weighted by atomic mass is 35.5. The molecule has 1 aliphatic rings. The van der Waals surface area contributed by atoms with E-state index in [9.17, 15) is 4.79 Å². The number of rotatable bonds is 4. The molecular formula is C15H20Cl2N2O2. The highest BCUT2D eigenvalue weighted by Gasteiger charge is 2.26. The summed E-state index contributed by atoms with van der Waals surface area (Å²) >= 11 is 12.3. The van der Waals surface area contributed by atoms with Crippen molar-refractivity contribution in [2.75, 3.05) is 26.2 Å². The van der Waals surface area contributed by atoms with Crippen LogP contribution in [-0.2, 0) is 0 Å². The van der Waals surface area contributed by atoms with Crippen molar-refractivity contribution in [3.05, 3.63) is 33.8 Å². The Hall–Kier alpha value is -0.970. The third-order valence-corrected chi connectivity index (χ3v) is 4.54. The van der Waals surface area contributed by atoms with Gasteiger partial charge in [-0.05, 0) is 24.1 Å². The van der Waals surface area contributed by atoms with Crippen molar-refractivity contribution in [1.29, 1.82) is 0 Å². The van der Waals surface area contributed by atoms with Gasteiger partial charge in [0.05, 0.1) is 0 Å². The Kier molecular flexibility index (Phi) is 5.73. The lowest BCUT2D eigenvalue weighted by Gasteiger charge is -2.20. The van der Waals surface area contributed by atoms with Crippen LogP contribution in [0.5, 0.6) is 0 Å². The number of aliphatic hydroxyl groups excluding tert-OH is 1. The molecule has 1 fully saturated rings. The maximum atomic E-state index is 12.1. The molecule has 21 heavy (non-hydrogen) atoms. The zero-order valence-corrected chi connectivity index (χ0v) is 13.5. The molecule has 0 saturated carbocycles. The van der Waals surface area contributed by atoms with Crippen LogP contribution in [0.2, 0.25) is 10.0 Å². The van der Waals surface area contributed by atoms with Crippen molar-refractivity contribution in [2.24, 2.45) is 5.92 Å². The van der Waals surface area contributed by atoms with Gasteiger partial charge in [-0.15, -0.1) is 0 Å². The second-order valence-corrected chi connectivity index (χ2v) is 6.32. The number of hydrogen-bond donors (Lipinski definition) is 2. The molecule has 1 aliphatic heterocycles. The van der Waals surface area contributed by atoms with Gasteiger partial charge in [-0.3, -0.25) is 0 Å². The summed E-state index contributed by atoms with van der Waals surface area (Å²) < 4.78 is 0. The minimum Gasteiger partial charge on any atom is -0.396 e. The quantitative estimate of drug-likeness (QED) is 0.891. The van der Waals surface area contributed by atoms with E-state index >= 15 is 0 Å². The number of hydrogen-bond acceptors (Lipinski definition) is 2. The van der Waals surface area contributed by atoms with Gasteiger partial charge >= 0.3 is 6.03 Å². The van der Waals surface area contributed by atoms with Gasteiger partial charge in [-0.25, -0.2) is 4.79 Å². The lowest BCUT2D eigenvalue weighted by molar-refractivity contribution is 0.198. The molecule has 2 atom stereocenters. The van der Waals surface area contributed by atoms with Crippen LogP contribution in [0.25, 0.3) is 0 Å². The topological polar surface area (TPSA) is 52.6 Å². The van der Waals surface area contributed by atoms with Crippen molar-refractivity contribution >= 4 is 29.2 Å². The molecular weight excluding hydrogens is 311 g/mol. The van der Waals surface area contributed by atoms with Crippen LogP contribution in [0.15, 0.2) is 18.2 Å². The first-order valence-corrected chi connectivity index (χ1v) is 7.86. The molecule has 4 nitrogen and oxygen atoms in total. The van der Waals surface area contributed by atoms with Crippen LogP contribution < -0.4 is 5.32 Å². The van der Waals surface area contributed by atoms with Gasteiger partial charge < -0.3 is 15.3 Å². The molecule has 0 radical (unpaired) electrons. The first-order valence-electron chi connectivity index (χ1n) is 7.10. The lowest BCUT2D eigenvalue weighted by Crippen LogP contribution is -2.40. The second-order valence-electron chi connectivity index (χ2n) is 5.51. The third-order valence-electron chi connectivity index (χ3n) is 3.88. The number of urea groups is 1. The van der Waals surface area contributed by atoms with E-state index in [0.717, 1.165) is 12.0 Å². The molecule has 2 N–H and O–H groups in total. The Labute approximate surface area is 135 Å². The summed E-state index contributed by atoms with van der Waals surface area (Å²) in [5, 5.41) is 13.2. The first kappa shape index (κ1) is 16.4. The molecule has 0 aromatic heterocycles. The Bertz CT molecular complexity index is 490. The molecule has 0 aliphatic carbocycles. The van der Waals surface area contributed by atoms with Gasteiger partial charge in [-0.2, -0.15) is 0 Å². The Morgan fingerprint density at radius 3 is 2.71 bits per heavy atom. The monoisotopic (exact) mass is 330 g/mol. The summed E-state index contributed by atoms with van der Waals surface area (Å²) in [6, 6.07) is 5.31. The molecule has 1 aromatic carbocycles. The number of aliphatic hydroxyl groups is 1. The van der Waals surface area contributed by atoms with Crippen molar-refractivity contribution in [2.45, 2.75) is 19.3 Å². The Morgan fingerprint density at radius 1 is 1.48 bits per heavy atom. The van der Waals surface area contributed by atoms with Gasteiger partial charge in [0.15, 0.2) is 0 Å². The van der Waals surface area contributed by atoms with E-state index in [1.54, 1.807) is 23.1 Å². The standard InChI is InChI=1S/C15H20Cl2N2O2/c1-10(14-12(16)3-2-4-13(14)17)7-18-15(21)19-6-5-11(8-19)9-20/h2-4,10-11,20H,5-9H2,1H3,(H,18,21). The number of nitrogens with zero attached hydrogens (tertiary/aromatic N) is 1. The molecule has 1 heterocycles. The van der Waals surface area contributed by atoms with Crippen LogP contribution in [0.1, 0.15) is 24.8 Å². The summed E-state index contributed by atoms with van der Waals surface area (Å²) in [5.41, 5.74) is 0.857. The molecule has 0 bridgehead atoms. The minimum atomic E-state index is -0.0963. The van der Waals surface area contributed by atoms with E-state index in [2.05, 4.69) is 5.32 Å². The average molecular weight is 331 g/mol. The van der Waals surface area contributed by atoms with Crippen LogP contribution >= 0.6 is 23.2 Å². The van der Waals surface area contributed by atoms with Gasteiger partial charge in [0.25, 0.3) is 0 Å². The molecule has 1 aromatic rings. The average Bonchev–Trinajstić information content (AvgIpc) is 2.93. The fraction of sp³-hybridized carbons (Fsp3) is 0.533. The summed E-state index contributed by atoms with van der Waals surface area (Å²) in [5.74, 6) is 0.234. The van der Waals surface area contributed by atoms with Gasteiger partial charge in [0.1, 0.15) is 0 Å². The SMILES string of the molecule is CC(CNC(=O)N1CCC(CO)C1)c1c(Cl)cccc1Cl. The van der Waals surface area contributed by atoms with Crippen LogP contribution in [0, 0.1) is 5.92 Å². The van der Waals surface area contributed by atoms with Gasteiger partial charge in [0, 0.05) is 48.1 Å². The van der Waals surface area contributed by atoms with E-state index < -0.39 is 0 Å². The predicted octanol–water partition coefficient (Wildman–Crippen LogP) is 3.12. The van der Waals surface area contributed by atoms with Crippen molar-refractivity contribution in [1.82, 2.24) is 10.2 Å². The van der Waals surface area contributed by atoms with Crippen molar-refractivity contribution in [3.8, 4) is 0 Å². The van der Waals surface area contributed by atoms with E-state index in [0.29, 0.717) is 29.7 Å². The number of carbonyl (C=O) groups excluding carboxylic acids is 1. The number of halogens is 2. The smallest absolute Gasteiger partial charge is 0.317 e. The zero-order valence-electron chi connectivity index (χ0n) is 12.0. The number of carbonyl (C=O) groups is 1. The Balaban J connectivity index is 1.89. The lowest BCUT2D eigenvalue weighted by atomic mass is 10.0. The fourth-order valence-corrected chi connectivity index (χ4v) is 3.37. The van der Waals surface area contributed by atoms with E-state index in [1.807, 2.05) is 6.92 Å². The molecule has 2 amide bonds. The van der Waals surface area contributed by atoms with Crippen molar-refractivity contribution < 1.29 is 9.90 Å². The number of likely N-dealkylation sites (tertiary alicyclic amines) is 1. The zero-order chi connectivity index (χ0) is 15.4. The Morgan fingerprint density at radius 2 is 2.14 bits per heavy atom. The van der Waals surface area contributed by atoms with Crippen LogP contribution in [0.3, 0.4) is 0 Å². The first-order chi connectivity index (χ1) is 10.0. The normalized spacial score (nSPS) is 19.6. The summed E-state index contributed by atoms with van der Waals surface area (Å²) in [6.07, 6.45) is 0.857. The fourth-order valence-electron chi connectivity index (χ4n) is 2.60. The number of amides is 2. The molecule has 1 saturated heterocycles.